The number of likely N-dealkylation sites (tertiary alicyclic amines) is 1. The van der Waals surface area contributed by atoms with Gasteiger partial charge in [-0.25, -0.2) is 0 Å². The van der Waals surface area contributed by atoms with Crippen LogP contribution in [0.1, 0.15) is 36.4 Å². The fourth-order valence-electron chi connectivity index (χ4n) is 3.91. The summed E-state index contributed by atoms with van der Waals surface area (Å²) >= 11 is 5.69. The molecule has 2 aliphatic heterocycles. The molecule has 0 unspecified atom stereocenters. The zero-order valence-corrected chi connectivity index (χ0v) is 17.2. The van der Waals surface area contributed by atoms with Gasteiger partial charge < -0.3 is 18.9 Å². The average molecular weight is 457 g/mol. The Morgan fingerprint density at radius 2 is 1.87 bits per heavy atom. The largest absolute Gasteiger partial charge is 0.490 e. The Hall–Kier alpha value is -2.68. The Labute approximate surface area is 181 Å². The lowest BCUT2D eigenvalue weighted by Crippen LogP contribution is -2.36. The molecule has 2 aliphatic rings. The van der Waals surface area contributed by atoms with E-state index in [-0.39, 0.29) is 6.04 Å². The first kappa shape index (κ1) is 21.5. The molecule has 3 heterocycles. The summed E-state index contributed by atoms with van der Waals surface area (Å²) in [5.41, 5.74) is -1.07. The highest BCUT2D eigenvalue weighted by atomic mass is 35.5. The number of ether oxygens (including phenoxy) is 2. The van der Waals surface area contributed by atoms with E-state index in [4.69, 9.17) is 21.1 Å². The van der Waals surface area contributed by atoms with Crippen LogP contribution in [-0.2, 0) is 17.5 Å². The predicted octanol–water partition coefficient (Wildman–Crippen LogP) is 4.05. The normalized spacial score (nSPS) is 18.7. The van der Waals surface area contributed by atoms with Crippen LogP contribution in [0.25, 0.3) is 0 Å². The Morgan fingerprint density at radius 1 is 1.13 bits per heavy atom. The van der Waals surface area contributed by atoms with Gasteiger partial charge in [0.15, 0.2) is 11.5 Å². The Balaban J connectivity index is 1.57. The van der Waals surface area contributed by atoms with Gasteiger partial charge in [0.05, 0.1) is 24.8 Å². The maximum Gasteiger partial charge on any atom is 0.417 e. The molecule has 0 aliphatic carbocycles. The lowest BCUT2D eigenvalue weighted by atomic mass is 10.0. The molecule has 1 amide bonds. The van der Waals surface area contributed by atoms with Crippen molar-refractivity contribution < 1.29 is 27.4 Å². The van der Waals surface area contributed by atoms with Gasteiger partial charge in [0.25, 0.3) is 5.56 Å². The van der Waals surface area contributed by atoms with Gasteiger partial charge >= 0.3 is 6.18 Å². The second-order valence-electron chi connectivity index (χ2n) is 7.51. The van der Waals surface area contributed by atoms with Crippen LogP contribution < -0.4 is 15.0 Å². The number of benzene rings is 1. The molecule has 10 heteroatoms. The van der Waals surface area contributed by atoms with Crippen molar-refractivity contribution in [2.24, 2.45) is 0 Å². The lowest BCUT2D eigenvalue weighted by Gasteiger charge is -2.26. The van der Waals surface area contributed by atoms with Gasteiger partial charge in [-0.3, -0.25) is 9.59 Å². The molecule has 6 nitrogen and oxygen atoms in total. The summed E-state index contributed by atoms with van der Waals surface area (Å²) in [5.74, 6) is 0.796. The molecule has 1 saturated heterocycles. The summed E-state index contributed by atoms with van der Waals surface area (Å²) in [5, 5.41) is -0.580. The first-order valence-electron chi connectivity index (χ1n) is 9.90. The zero-order valence-electron chi connectivity index (χ0n) is 16.5. The fraction of sp³-hybridized carbons (Fsp3) is 0.429. The summed E-state index contributed by atoms with van der Waals surface area (Å²) in [6.45, 7) is 1.01. The lowest BCUT2D eigenvalue weighted by molar-refractivity contribution is -0.139. The van der Waals surface area contributed by atoms with Crippen LogP contribution in [0.2, 0.25) is 5.02 Å². The van der Waals surface area contributed by atoms with E-state index < -0.39 is 34.8 Å². The third kappa shape index (κ3) is 4.51. The molecular formula is C21H20ClF3N2O4. The number of rotatable bonds is 3. The van der Waals surface area contributed by atoms with Crippen LogP contribution in [0, 0.1) is 0 Å². The number of hydrogen-bond acceptors (Lipinski definition) is 4. The molecule has 1 fully saturated rings. The van der Waals surface area contributed by atoms with E-state index in [1.807, 2.05) is 12.1 Å². The highest BCUT2D eigenvalue weighted by Crippen LogP contribution is 2.38. The number of pyridine rings is 1. The molecule has 166 valence electrons. The van der Waals surface area contributed by atoms with Crippen molar-refractivity contribution in [2.75, 3.05) is 19.8 Å². The standard InChI is InChI=1S/C21H20ClF3N2O4/c22-15-10-14(21(23,24)25)11-26(20(15)29)12-19(28)27-6-1-3-16(27)13-4-5-17-18(9-13)31-8-2-7-30-17/h4-5,9-11,16H,1-3,6-8,12H2/t16-/m0/s1. The van der Waals surface area contributed by atoms with E-state index in [1.165, 1.54) is 0 Å². The molecule has 1 atom stereocenters. The summed E-state index contributed by atoms with van der Waals surface area (Å²) in [7, 11) is 0. The molecule has 0 N–H and O–H groups in total. The fourth-order valence-corrected chi connectivity index (χ4v) is 4.13. The number of carbonyl (C=O) groups excluding carboxylic acids is 1. The number of amides is 1. The third-order valence-electron chi connectivity index (χ3n) is 5.40. The van der Waals surface area contributed by atoms with E-state index in [0.717, 1.165) is 23.0 Å². The van der Waals surface area contributed by atoms with Crippen LogP contribution in [-0.4, -0.2) is 35.1 Å². The van der Waals surface area contributed by atoms with Crippen molar-refractivity contribution in [2.45, 2.75) is 38.0 Å². The number of carbonyl (C=O) groups is 1. The van der Waals surface area contributed by atoms with Crippen molar-refractivity contribution in [3.8, 4) is 11.5 Å². The first-order valence-corrected chi connectivity index (χ1v) is 10.3. The van der Waals surface area contributed by atoms with Crippen LogP contribution in [0.4, 0.5) is 13.2 Å². The van der Waals surface area contributed by atoms with Crippen molar-refractivity contribution in [3.05, 3.63) is 57.0 Å². The first-order chi connectivity index (χ1) is 14.7. The molecule has 0 saturated carbocycles. The van der Waals surface area contributed by atoms with Crippen molar-refractivity contribution in [1.29, 1.82) is 0 Å². The maximum absolute atomic E-state index is 13.1. The van der Waals surface area contributed by atoms with E-state index in [0.29, 0.717) is 49.9 Å². The Kier molecular flexibility index (Phi) is 5.88. The number of nitrogens with zero attached hydrogens (tertiary/aromatic N) is 2. The molecule has 4 rings (SSSR count). The second-order valence-corrected chi connectivity index (χ2v) is 7.92. The molecule has 0 bridgehead atoms. The third-order valence-corrected chi connectivity index (χ3v) is 5.68. The molecule has 0 radical (unpaired) electrons. The number of alkyl halides is 3. The molecule has 0 spiro atoms. The van der Waals surface area contributed by atoms with Crippen LogP contribution in [0.5, 0.6) is 11.5 Å². The van der Waals surface area contributed by atoms with Gasteiger partial charge in [0.1, 0.15) is 11.6 Å². The SMILES string of the molecule is O=C(Cn1cc(C(F)(F)F)cc(Cl)c1=O)N1CCC[C@H]1c1ccc2c(c1)OCCCO2. The summed E-state index contributed by atoms with van der Waals surface area (Å²) in [4.78, 5) is 26.7. The minimum absolute atomic E-state index is 0.262. The molecular weight excluding hydrogens is 437 g/mol. The van der Waals surface area contributed by atoms with Crippen LogP contribution in [0.15, 0.2) is 35.3 Å². The summed E-state index contributed by atoms with van der Waals surface area (Å²) < 4.78 is 51.3. The minimum atomic E-state index is -4.68. The molecule has 2 aromatic rings. The highest BCUT2D eigenvalue weighted by molar-refractivity contribution is 6.30. The topological polar surface area (TPSA) is 60.8 Å². The van der Waals surface area contributed by atoms with E-state index in [1.54, 1.807) is 11.0 Å². The minimum Gasteiger partial charge on any atom is -0.490 e. The van der Waals surface area contributed by atoms with Crippen molar-refractivity contribution >= 4 is 17.5 Å². The van der Waals surface area contributed by atoms with Crippen LogP contribution >= 0.6 is 11.6 Å². The van der Waals surface area contributed by atoms with Crippen molar-refractivity contribution in [1.82, 2.24) is 9.47 Å². The Morgan fingerprint density at radius 3 is 2.61 bits per heavy atom. The summed E-state index contributed by atoms with van der Waals surface area (Å²) in [6.07, 6.45) is -1.84. The highest BCUT2D eigenvalue weighted by Gasteiger charge is 2.34. The van der Waals surface area contributed by atoms with Gasteiger partial charge in [-0.1, -0.05) is 17.7 Å². The quantitative estimate of drug-likeness (QED) is 0.699. The predicted molar refractivity (Wildman–Crippen MR) is 106 cm³/mol. The summed E-state index contributed by atoms with van der Waals surface area (Å²) in [6, 6.07) is 5.80. The van der Waals surface area contributed by atoms with Gasteiger partial charge in [0, 0.05) is 19.2 Å². The second kappa shape index (κ2) is 8.45. The maximum atomic E-state index is 13.1. The molecule has 1 aromatic heterocycles. The van der Waals surface area contributed by atoms with E-state index in [9.17, 15) is 22.8 Å². The number of halogens is 4. The van der Waals surface area contributed by atoms with Gasteiger partial charge in [-0.15, -0.1) is 0 Å². The van der Waals surface area contributed by atoms with Gasteiger partial charge in [-0.05, 0) is 36.6 Å². The smallest absolute Gasteiger partial charge is 0.417 e. The molecule has 31 heavy (non-hydrogen) atoms. The molecule has 1 aromatic carbocycles. The van der Waals surface area contributed by atoms with Crippen molar-refractivity contribution in [3.63, 3.8) is 0 Å². The Bertz CT molecular complexity index is 1050. The monoisotopic (exact) mass is 456 g/mol. The van der Waals surface area contributed by atoms with Gasteiger partial charge in [0.2, 0.25) is 5.91 Å². The van der Waals surface area contributed by atoms with Crippen LogP contribution in [0.3, 0.4) is 0 Å². The zero-order chi connectivity index (χ0) is 22.2. The average Bonchev–Trinajstić information content (AvgIpc) is 3.09. The van der Waals surface area contributed by atoms with Gasteiger partial charge in [-0.2, -0.15) is 13.2 Å². The van der Waals surface area contributed by atoms with E-state index >= 15 is 0 Å². The number of fused-ring (bicyclic) bond motifs is 1. The number of hydrogen-bond donors (Lipinski definition) is 0. The van der Waals surface area contributed by atoms with E-state index in [2.05, 4.69) is 0 Å². The number of aromatic nitrogens is 1.